The van der Waals surface area contributed by atoms with E-state index in [1.165, 1.54) is 6.07 Å². The van der Waals surface area contributed by atoms with Gasteiger partial charge in [0.25, 0.3) is 0 Å². The number of nitrogens with one attached hydrogen (secondary N) is 1. The van der Waals surface area contributed by atoms with Gasteiger partial charge in [0, 0.05) is 38.4 Å². The molecule has 23 heavy (non-hydrogen) atoms. The predicted octanol–water partition coefficient (Wildman–Crippen LogP) is 1.76. The van der Waals surface area contributed by atoms with Gasteiger partial charge in [0.15, 0.2) is 0 Å². The minimum atomic E-state index is -0.395. The summed E-state index contributed by atoms with van der Waals surface area (Å²) < 4.78 is 16.5. The van der Waals surface area contributed by atoms with Crippen molar-refractivity contribution in [3.05, 3.63) is 39.9 Å². The number of aromatic nitrogens is 1. The summed E-state index contributed by atoms with van der Waals surface area (Å²) in [4.78, 5) is 14.4. The van der Waals surface area contributed by atoms with Crippen LogP contribution in [-0.2, 0) is 0 Å². The first-order valence-electron chi connectivity index (χ1n) is 7.93. The second-order valence-electron chi connectivity index (χ2n) is 6.18. The molecular formula is C17H17FN4O. The molecule has 2 aromatic rings. The summed E-state index contributed by atoms with van der Waals surface area (Å²) in [6, 6.07) is 5.32. The highest BCUT2D eigenvalue weighted by Crippen LogP contribution is 2.38. The normalized spacial score (nSPS) is 18.2. The maximum Gasteiger partial charge on any atom is 0.207 e. The molecule has 1 aliphatic carbocycles. The fourth-order valence-corrected chi connectivity index (χ4v) is 3.24. The van der Waals surface area contributed by atoms with Gasteiger partial charge in [0.05, 0.1) is 16.6 Å². The Kier molecular flexibility index (Phi) is 3.31. The van der Waals surface area contributed by atoms with Gasteiger partial charge in [0.2, 0.25) is 5.43 Å². The minimum Gasteiger partial charge on any atom is -0.367 e. The molecule has 0 amide bonds. The van der Waals surface area contributed by atoms with E-state index in [1.54, 1.807) is 12.3 Å². The fraction of sp³-hybridized carbons (Fsp3) is 0.412. The molecule has 0 bridgehead atoms. The smallest absolute Gasteiger partial charge is 0.207 e. The zero-order chi connectivity index (χ0) is 16.0. The summed E-state index contributed by atoms with van der Waals surface area (Å²) in [6.07, 6.45) is 3.69. The summed E-state index contributed by atoms with van der Waals surface area (Å²) in [6.45, 7) is 3.12. The van der Waals surface area contributed by atoms with Crippen LogP contribution < -0.4 is 15.6 Å². The summed E-state index contributed by atoms with van der Waals surface area (Å²) in [5.74, 6) is -0.395. The van der Waals surface area contributed by atoms with Crippen molar-refractivity contribution in [1.82, 2.24) is 9.88 Å². The number of rotatable bonds is 2. The average molecular weight is 312 g/mol. The van der Waals surface area contributed by atoms with Gasteiger partial charge in [-0.1, -0.05) is 0 Å². The van der Waals surface area contributed by atoms with Crippen molar-refractivity contribution in [1.29, 1.82) is 5.26 Å². The van der Waals surface area contributed by atoms with Crippen LogP contribution in [0.1, 0.15) is 24.4 Å². The summed E-state index contributed by atoms with van der Waals surface area (Å²) in [5, 5.41) is 12.7. The zero-order valence-electron chi connectivity index (χ0n) is 12.7. The summed E-state index contributed by atoms with van der Waals surface area (Å²) in [7, 11) is 0. The maximum atomic E-state index is 14.6. The molecule has 1 N–H and O–H groups in total. The van der Waals surface area contributed by atoms with Crippen LogP contribution in [0, 0.1) is 17.1 Å². The number of anilines is 1. The standard InChI is InChI=1S/C17H17FN4O/c18-14-7-13-15(8-16(14)21-5-3-20-4-6-21)22(12-1-2-12)10-11(9-19)17(13)23/h7-8,10,12,20H,1-6H2. The number of hydrogen-bond donors (Lipinski definition) is 1. The lowest BCUT2D eigenvalue weighted by Crippen LogP contribution is -2.43. The number of benzene rings is 1. The molecule has 0 unspecified atom stereocenters. The second kappa shape index (κ2) is 5.36. The lowest BCUT2D eigenvalue weighted by Gasteiger charge is -2.30. The molecule has 2 fully saturated rings. The van der Waals surface area contributed by atoms with E-state index in [4.69, 9.17) is 5.26 Å². The zero-order valence-corrected chi connectivity index (χ0v) is 12.7. The number of nitrogens with zero attached hydrogens (tertiary/aromatic N) is 3. The Morgan fingerprint density at radius 3 is 2.65 bits per heavy atom. The van der Waals surface area contributed by atoms with E-state index in [0.29, 0.717) is 17.1 Å². The average Bonchev–Trinajstić information content (AvgIpc) is 3.41. The van der Waals surface area contributed by atoms with E-state index in [9.17, 15) is 9.18 Å². The highest BCUT2D eigenvalue weighted by molar-refractivity contribution is 5.84. The summed E-state index contributed by atoms with van der Waals surface area (Å²) >= 11 is 0. The lowest BCUT2D eigenvalue weighted by molar-refractivity contribution is 0.567. The van der Waals surface area contributed by atoms with Gasteiger partial charge in [-0.15, -0.1) is 0 Å². The third kappa shape index (κ3) is 2.37. The van der Waals surface area contributed by atoms with Crippen LogP contribution in [0.5, 0.6) is 0 Å². The van der Waals surface area contributed by atoms with E-state index >= 15 is 0 Å². The SMILES string of the molecule is N#Cc1cn(C2CC2)c2cc(N3CCNCC3)c(F)cc2c1=O. The Labute approximate surface area is 132 Å². The van der Waals surface area contributed by atoms with Crippen molar-refractivity contribution < 1.29 is 4.39 Å². The van der Waals surface area contributed by atoms with Crippen molar-refractivity contribution >= 4 is 16.6 Å². The number of halogens is 1. The summed E-state index contributed by atoms with van der Waals surface area (Å²) in [5.41, 5.74) is 0.966. The quantitative estimate of drug-likeness (QED) is 0.918. The monoisotopic (exact) mass is 312 g/mol. The van der Waals surface area contributed by atoms with E-state index in [2.05, 4.69) is 5.32 Å². The van der Waals surface area contributed by atoms with Gasteiger partial charge in [0.1, 0.15) is 17.4 Å². The van der Waals surface area contributed by atoms with Crippen LogP contribution in [0.2, 0.25) is 0 Å². The van der Waals surface area contributed by atoms with Crippen molar-refractivity contribution in [3.63, 3.8) is 0 Å². The molecule has 0 spiro atoms. The van der Waals surface area contributed by atoms with Crippen molar-refractivity contribution in [2.75, 3.05) is 31.1 Å². The second-order valence-corrected chi connectivity index (χ2v) is 6.18. The molecule has 6 heteroatoms. The largest absolute Gasteiger partial charge is 0.367 e. The highest BCUT2D eigenvalue weighted by atomic mass is 19.1. The van der Waals surface area contributed by atoms with E-state index < -0.39 is 5.82 Å². The molecule has 2 heterocycles. The molecule has 4 rings (SSSR count). The molecule has 5 nitrogen and oxygen atoms in total. The van der Waals surface area contributed by atoms with Gasteiger partial charge in [-0.3, -0.25) is 4.79 Å². The van der Waals surface area contributed by atoms with Crippen LogP contribution in [-0.4, -0.2) is 30.7 Å². The number of fused-ring (bicyclic) bond motifs is 1. The van der Waals surface area contributed by atoms with Crippen LogP contribution in [0.3, 0.4) is 0 Å². The Balaban J connectivity index is 1.95. The topological polar surface area (TPSA) is 61.1 Å². The molecule has 1 saturated heterocycles. The molecule has 1 aliphatic heterocycles. The molecular weight excluding hydrogens is 295 g/mol. The molecule has 1 aromatic carbocycles. The minimum absolute atomic E-state index is 0.0822. The molecule has 1 saturated carbocycles. The lowest BCUT2D eigenvalue weighted by atomic mass is 10.1. The Morgan fingerprint density at radius 1 is 1.26 bits per heavy atom. The maximum absolute atomic E-state index is 14.6. The van der Waals surface area contributed by atoms with Gasteiger partial charge in [-0.2, -0.15) is 5.26 Å². The first kappa shape index (κ1) is 14.2. The van der Waals surface area contributed by atoms with Crippen LogP contribution in [0.15, 0.2) is 23.1 Å². The number of pyridine rings is 1. The van der Waals surface area contributed by atoms with E-state index in [1.807, 2.05) is 15.5 Å². The van der Waals surface area contributed by atoms with Crippen molar-refractivity contribution in [2.24, 2.45) is 0 Å². The molecule has 0 atom stereocenters. The third-order valence-electron chi connectivity index (χ3n) is 4.62. The van der Waals surface area contributed by atoms with Gasteiger partial charge in [-0.05, 0) is 25.0 Å². The third-order valence-corrected chi connectivity index (χ3v) is 4.62. The number of piperazine rings is 1. The van der Waals surface area contributed by atoms with Gasteiger partial charge >= 0.3 is 0 Å². The Bertz CT molecular complexity index is 873. The van der Waals surface area contributed by atoms with Gasteiger partial charge < -0.3 is 14.8 Å². The van der Waals surface area contributed by atoms with Crippen molar-refractivity contribution in [3.8, 4) is 6.07 Å². The number of nitriles is 1. The van der Waals surface area contributed by atoms with Crippen molar-refractivity contribution in [2.45, 2.75) is 18.9 Å². The predicted molar refractivity (Wildman–Crippen MR) is 86.2 cm³/mol. The van der Waals surface area contributed by atoms with Crippen LogP contribution in [0.4, 0.5) is 10.1 Å². The molecule has 0 radical (unpaired) electrons. The first-order valence-corrected chi connectivity index (χ1v) is 7.93. The molecule has 1 aromatic heterocycles. The Morgan fingerprint density at radius 2 is 2.00 bits per heavy atom. The van der Waals surface area contributed by atoms with Crippen LogP contribution in [0.25, 0.3) is 10.9 Å². The highest BCUT2D eigenvalue weighted by Gasteiger charge is 2.27. The van der Waals surface area contributed by atoms with Gasteiger partial charge in [-0.25, -0.2) is 4.39 Å². The first-order chi connectivity index (χ1) is 11.2. The fourth-order valence-electron chi connectivity index (χ4n) is 3.24. The van der Waals surface area contributed by atoms with E-state index in [0.717, 1.165) is 44.5 Å². The Hall–Kier alpha value is -2.39. The molecule has 2 aliphatic rings. The van der Waals surface area contributed by atoms with E-state index in [-0.39, 0.29) is 11.0 Å². The van der Waals surface area contributed by atoms with Crippen LogP contribution >= 0.6 is 0 Å². The molecule has 118 valence electrons. The number of hydrogen-bond acceptors (Lipinski definition) is 4.